The van der Waals surface area contributed by atoms with Crippen LogP contribution in [0.2, 0.25) is 0 Å². The molecule has 6 aromatic rings. The molecule has 32 heavy (non-hydrogen) atoms. The second-order valence-corrected chi connectivity index (χ2v) is 8.08. The van der Waals surface area contributed by atoms with Crippen molar-refractivity contribution < 1.29 is 20.1 Å². The Balaban J connectivity index is 0.00000216. The molecule has 6 rings (SSSR count). The molecule has 0 aliphatic carbocycles. The summed E-state index contributed by atoms with van der Waals surface area (Å²) in [6, 6.07) is 38.0. The Hall–Kier alpha value is -3.32. The van der Waals surface area contributed by atoms with E-state index in [4.69, 9.17) is 4.98 Å². The summed E-state index contributed by atoms with van der Waals surface area (Å²) in [6.45, 7) is 2.10. The van der Waals surface area contributed by atoms with Crippen molar-refractivity contribution in [2.24, 2.45) is 0 Å². The fraction of sp³-hybridized carbons (Fsp3) is 0.0333. The molecule has 1 heterocycles. The van der Waals surface area contributed by atoms with E-state index in [2.05, 4.69) is 110 Å². The molecule has 0 unspecified atom stereocenters. The predicted molar refractivity (Wildman–Crippen MR) is 131 cm³/mol. The summed E-state index contributed by atoms with van der Waals surface area (Å²) in [5.74, 6) is 0. The fourth-order valence-electron chi connectivity index (χ4n) is 4.49. The zero-order valence-electron chi connectivity index (χ0n) is 17.6. The van der Waals surface area contributed by atoms with Gasteiger partial charge in [0.05, 0.1) is 0 Å². The normalized spacial score (nSPS) is 11.0. The van der Waals surface area contributed by atoms with E-state index in [0.29, 0.717) is 0 Å². The van der Waals surface area contributed by atoms with Gasteiger partial charge < -0.3 is 4.98 Å². The number of benzene rings is 5. The molecule has 0 saturated carbocycles. The third-order valence-electron chi connectivity index (χ3n) is 6.02. The maximum absolute atomic E-state index is 4.81. The van der Waals surface area contributed by atoms with Gasteiger partial charge in [0.1, 0.15) is 0 Å². The van der Waals surface area contributed by atoms with Crippen LogP contribution in [0.1, 0.15) is 5.56 Å². The van der Waals surface area contributed by atoms with Crippen molar-refractivity contribution in [2.75, 3.05) is 0 Å². The molecule has 0 fully saturated rings. The second-order valence-electron chi connectivity index (χ2n) is 8.08. The van der Waals surface area contributed by atoms with Crippen LogP contribution in [0.5, 0.6) is 0 Å². The fourth-order valence-corrected chi connectivity index (χ4v) is 4.49. The van der Waals surface area contributed by atoms with Crippen molar-refractivity contribution in [1.29, 1.82) is 0 Å². The molecule has 1 aromatic heterocycles. The summed E-state index contributed by atoms with van der Waals surface area (Å²) in [5, 5.41) is 5.93. The van der Waals surface area contributed by atoms with Crippen molar-refractivity contribution in [1.82, 2.24) is 4.98 Å². The molecular weight excluding hydrogens is 567 g/mol. The van der Waals surface area contributed by atoms with Gasteiger partial charge in [-0.05, 0) is 39.9 Å². The maximum Gasteiger partial charge on any atom is 0.0190 e. The molecule has 0 bridgehead atoms. The Morgan fingerprint density at radius 1 is 0.594 bits per heavy atom. The van der Waals surface area contributed by atoms with Gasteiger partial charge in [-0.25, -0.2) is 0 Å². The molecule has 0 atom stereocenters. The zero-order valence-corrected chi connectivity index (χ0v) is 20.0. The molecule has 0 amide bonds. The van der Waals surface area contributed by atoms with Gasteiger partial charge in [0.15, 0.2) is 0 Å². The molecule has 0 N–H and O–H groups in total. The third-order valence-corrected chi connectivity index (χ3v) is 6.02. The Labute approximate surface area is 201 Å². The molecule has 155 valence electrons. The minimum atomic E-state index is 0. The first-order chi connectivity index (χ1) is 15.3. The van der Waals surface area contributed by atoms with Gasteiger partial charge in [-0.3, -0.25) is 0 Å². The monoisotopic (exact) mass is 587 g/mol. The van der Waals surface area contributed by atoms with Crippen LogP contribution in [0.25, 0.3) is 54.7 Å². The van der Waals surface area contributed by atoms with Crippen LogP contribution < -0.4 is 0 Å². The molecule has 2 heteroatoms. The summed E-state index contributed by atoms with van der Waals surface area (Å²) in [5.41, 5.74) is 7.00. The van der Waals surface area contributed by atoms with Crippen LogP contribution in [0.4, 0.5) is 0 Å². The number of hydrogen-bond donors (Lipinski definition) is 0. The van der Waals surface area contributed by atoms with Gasteiger partial charge in [-0.15, -0.1) is 23.6 Å². The minimum absolute atomic E-state index is 0. The maximum atomic E-state index is 4.81. The smallest absolute Gasteiger partial charge is 0.0190 e. The molecule has 5 aromatic carbocycles. The van der Waals surface area contributed by atoms with Crippen LogP contribution in [0, 0.1) is 13.0 Å². The van der Waals surface area contributed by atoms with Gasteiger partial charge in [0, 0.05) is 26.3 Å². The van der Waals surface area contributed by atoms with E-state index in [-0.39, 0.29) is 20.1 Å². The number of aromatic nitrogens is 1. The molecule has 0 saturated heterocycles. The van der Waals surface area contributed by atoms with E-state index in [1.54, 1.807) is 0 Å². The van der Waals surface area contributed by atoms with Crippen molar-refractivity contribution in [3.63, 3.8) is 0 Å². The summed E-state index contributed by atoms with van der Waals surface area (Å²) < 4.78 is 0. The number of nitrogens with zero attached hydrogens (tertiary/aromatic N) is 1. The van der Waals surface area contributed by atoms with Gasteiger partial charge in [-0.2, -0.15) is 0 Å². The molecule has 0 spiro atoms. The van der Waals surface area contributed by atoms with Crippen molar-refractivity contribution >= 4 is 32.4 Å². The average molecular weight is 587 g/mol. The van der Waals surface area contributed by atoms with Gasteiger partial charge in [-0.1, -0.05) is 107 Å². The van der Waals surface area contributed by atoms with Crippen LogP contribution in [-0.4, -0.2) is 4.98 Å². The quantitative estimate of drug-likeness (QED) is 0.148. The number of hydrogen-bond acceptors (Lipinski definition) is 1. The zero-order chi connectivity index (χ0) is 20.8. The molecule has 0 aliphatic rings. The van der Waals surface area contributed by atoms with Crippen LogP contribution >= 0.6 is 0 Å². The minimum Gasteiger partial charge on any atom is -0.304 e. The Kier molecular flexibility index (Phi) is 5.35. The summed E-state index contributed by atoms with van der Waals surface area (Å²) in [7, 11) is 0. The number of fused-ring (bicyclic) bond motifs is 6. The number of pyridine rings is 1. The van der Waals surface area contributed by atoms with E-state index in [0.717, 1.165) is 10.9 Å². The van der Waals surface area contributed by atoms with E-state index < -0.39 is 0 Å². The Bertz CT molecular complexity index is 1570. The predicted octanol–water partition coefficient (Wildman–Crippen LogP) is 7.98. The van der Waals surface area contributed by atoms with Gasteiger partial charge in [0.2, 0.25) is 0 Å². The van der Waals surface area contributed by atoms with Crippen molar-refractivity contribution in [2.45, 2.75) is 6.92 Å². The third kappa shape index (κ3) is 3.42. The molecule has 1 nitrogen and oxygen atoms in total. The molecular formula is C30H20IrN-. The van der Waals surface area contributed by atoms with Crippen molar-refractivity contribution in [3.05, 3.63) is 115 Å². The molecule has 0 aliphatic heterocycles. The summed E-state index contributed by atoms with van der Waals surface area (Å²) in [6.07, 6.45) is 1.95. The standard InChI is InChI=1S/C30H20N.Ir/c1-20-16-29-25-14-12-23(21-8-4-2-5-9-21)17-27(25)28-18-24(22-10-6-3-7-11-22)13-15-26(28)30(29)31-19-20;/h2-14,16-19H,1H3;/q-1;. The van der Waals surface area contributed by atoms with Gasteiger partial charge >= 0.3 is 0 Å². The largest absolute Gasteiger partial charge is 0.304 e. The van der Waals surface area contributed by atoms with E-state index >= 15 is 0 Å². The first kappa shape index (κ1) is 20.6. The summed E-state index contributed by atoms with van der Waals surface area (Å²) >= 11 is 0. The second kappa shape index (κ2) is 8.31. The van der Waals surface area contributed by atoms with Crippen LogP contribution in [0.3, 0.4) is 0 Å². The first-order valence-electron chi connectivity index (χ1n) is 10.6. The number of rotatable bonds is 2. The summed E-state index contributed by atoms with van der Waals surface area (Å²) in [4.78, 5) is 4.81. The van der Waals surface area contributed by atoms with E-state index in [1.807, 2.05) is 6.20 Å². The van der Waals surface area contributed by atoms with Gasteiger partial charge in [0.25, 0.3) is 0 Å². The SMILES string of the molecule is Cc1cnc2c3[c-]cc(-c4ccccc4)cc3c3cc(-c4ccccc4)ccc3c2c1.[Ir]. The Morgan fingerprint density at radius 2 is 1.25 bits per heavy atom. The van der Waals surface area contributed by atoms with Crippen LogP contribution in [0.15, 0.2) is 103 Å². The first-order valence-corrected chi connectivity index (χ1v) is 10.6. The number of aryl methyl sites for hydroxylation is 1. The van der Waals surface area contributed by atoms with Crippen LogP contribution in [-0.2, 0) is 20.1 Å². The Morgan fingerprint density at radius 3 is 1.97 bits per heavy atom. The topological polar surface area (TPSA) is 12.9 Å². The average Bonchev–Trinajstić information content (AvgIpc) is 2.84. The molecule has 1 radical (unpaired) electrons. The van der Waals surface area contributed by atoms with E-state index in [9.17, 15) is 0 Å². The van der Waals surface area contributed by atoms with E-state index in [1.165, 1.54) is 49.4 Å². The van der Waals surface area contributed by atoms with Crippen molar-refractivity contribution in [3.8, 4) is 22.3 Å².